The van der Waals surface area contributed by atoms with Gasteiger partial charge in [0.2, 0.25) is 0 Å². The molecule has 0 atom stereocenters. The third-order valence-electron chi connectivity index (χ3n) is 2.54. The maximum absolute atomic E-state index is 13.4. The summed E-state index contributed by atoms with van der Waals surface area (Å²) in [5, 5.41) is 8.51. The number of aromatic carboxylic acids is 1. The molecule has 0 spiro atoms. The van der Waals surface area contributed by atoms with Crippen LogP contribution in [0, 0.1) is 5.82 Å². The van der Waals surface area contributed by atoms with Gasteiger partial charge in [0, 0.05) is 11.1 Å². The van der Waals surface area contributed by atoms with E-state index < -0.39 is 17.5 Å². The number of rotatable bonds is 2. The first-order valence-electron chi connectivity index (χ1n) is 5.16. The number of hydrogen-bond donors (Lipinski definition) is 1. The lowest BCUT2D eigenvalue weighted by Crippen LogP contribution is -2.04. The molecule has 0 saturated carbocycles. The summed E-state index contributed by atoms with van der Waals surface area (Å²) < 4.78 is 13.4. The van der Waals surface area contributed by atoms with Crippen LogP contribution in [0.5, 0.6) is 0 Å². The van der Waals surface area contributed by atoms with E-state index in [2.05, 4.69) is 4.98 Å². The van der Waals surface area contributed by atoms with Crippen molar-refractivity contribution in [2.45, 2.75) is 0 Å². The number of carboxylic acid groups (broad SMARTS) is 1. The third kappa shape index (κ3) is 2.91. The molecule has 110 valence electrons. The lowest BCUT2D eigenvalue weighted by atomic mass is 10.0. The van der Waals surface area contributed by atoms with Crippen LogP contribution in [0.2, 0.25) is 25.1 Å². The van der Waals surface area contributed by atoms with Crippen LogP contribution in [-0.2, 0) is 0 Å². The summed E-state index contributed by atoms with van der Waals surface area (Å²) >= 11 is 29.7. The van der Waals surface area contributed by atoms with Gasteiger partial charge in [-0.05, 0) is 6.07 Å². The molecule has 0 radical (unpaired) electrons. The van der Waals surface area contributed by atoms with Crippen LogP contribution in [0.1, 0.15) is 10.5 Å². The molecule has 0 aliphatic rings. The summed E-state index contributed by atoms with van der Waals surface area (Å²) in [6.07, 6.45) is 0.758. The van der Waals surface area contributed by atoms with Crippen LogP contribution < -0.4 is 0 Å². The third-order valence-corrected chi connectivity index (χ3v) is 4.81. The van der Waals surface area contributed by atoms with E-state index in [0.29, 0.717) is 0 Å². The van der Waals surface area contributed by atoms with Gasteiger partial charge in [-0.2, -0.15) is 0 Å². The van der Waals surface area contributed by atoms with Crippen LogP contribution in [0.4, 0.5) is 4.39 Å². The van der Waals surface area contributed by atoms with Gasteiger partial charge in [-0.15, -0.1) is 0 Å². The molecule has 1 heterocycles. The van der Waals surface area contributed by atoms with Crippen molar-refractivity contribution in [2.75, 3.05) is 0 Å². The molecule has 0 aliphatic heterocycles. The molecule has 0 fully saturated rings. The van der Waals surface area contributed by atoms with E-state index >= 15 is 0 Å². The Hall–Kier alpha value is -0.780. The second kappa shape index (κ2) is 6.15. The van der Waals surface area contributed by atoms with E-state index in [1.807, 2.05) is 0 Å². The summed E-state index contributed by atoms with van der Waals surface area (Å²) in [6.45, 7) is 0. The average molecular weight is 389 g/mol. The van der Waals surface area contributed by atoms with Crippen LogP contribution in [0.25, 0.3) is 11.1 Å². The van der Waals surface area contributed by atoms with Crippen molar-refractivity contribution in [1.29, 1.82) is 0 Å². The fraction of sp³-hybridized carbons (Fsp3) is 0. The van der Waals surface area contributed by atoms with Gasteiger partial charge in [-0.25, -0.2) is 14.2 Å². The highest BCUT2D eigenvalue weighted by molar-refractivity contribution is 6.56. The lowest BCUT2D eigenvalue weighted by Gasteiger charge is -2.14. The second-order valence-electron chi connectivity index (χ2n) is 3.80. The molecule has 3 nitrogen and oxygen atoms in total. The monoisotopic (exact) mass is 387 g/mol. The van der Waals surface area contributed by atoms with Gasteiger partial charge in [0.25, 0.3) is 0 Å². The van der Waals surface area contributed by atoms with Crippen molar-refractivity contribution in [3.8, 4) is 11.1 Å². The number of nitrogens with zero attached hydrogens (tertiary/aromatic N) is 1. The molecule has 0 aliphatic carbocycles. The van der Waals surface area contributed by atoms with Crippen LogP contribution in [0.3, 0.4) is 0 Å². The Morgan fingerprint density at radius 1 is 1.00 bits per heavy atom. The normalized spacial score (nSPS) is 10.8. The standard InChI is InChI=1S/C12H3Cl5FNO2/c13-6-5(7(14)9(16)10(17)8(6)15)4-1-3(18)2-19-11(4)12(20)21/h1-2H,(H,20,21). The molecular formula is C12H3Cl5FNO2. The van der Waals surface area contributed by atoms with Crippen LogP contribution in [-0.4, -0.2) is 16.1 Å². The second-order valence-corrected chi connectivity index (χ2v) is 5.69. The van der Waals surface area contributed by atoms with Crippen molar-refractivity contribution >= 4 is 64.0 Å². The Kier molecular flexibility index (Phi) is 4.85. The number of benzene rings is 1. The Morgan fingerprint density at radius 3 is 1.95 bits per heavy atom. The van der Waals surface area contributed by atoms with Gasteiger partial charge >= 0.3 is 5.97 Å². The zero-order valence-electron chi connectivity index (χ0n) is 9.73. The highest BCUT2D eigenvalue weighted by atomic mass is 35.5. The molecule has 2 aromatic rings. The van der Waals surface area contributed by atoms with Crippen molar-refractivity contribution in [3.63, 3.8) is 0 Å². The van der Waals surface area contributed by atoms with Gasteiger partial charge in [-0.3, -0.25) is 0 Å². The highest BCUT2D eigenvalue weighted by Crippen LogP contribution is 2.48. The van der Waals surface area contributed by atoms with Gasteiger partial charge < -0.3 is 5.11 Å². The quantitative estimate of drug-likeness (QED) is 0.517. The molecule has 2 rings (SSSR count). The first-order chi connectivity index (χ1) is 9.75. The lowest BCUT2D eigenvalue weighted by molar-refractivity contribution is 0.0691. The average Bonchev–Trinajstić information content (AvgIpc) is 2.43. The van der Waals surface area contributed by atoms with Gasteiger partial charge in [-0.1, -0.05) is 58.0 Å². The Labute approximate surface area is 143 Å². The van der Waals surface area contributed by atoms with Gasteiger partial charge in [0.05, 0.1) is 31.3 Å². The molecule has 1 N–H and O–H groups in total. The summed E-state index contributed by atoms with van der Waals surface area (Å²) in [7, 11) is 0. The maximum atomic E-state index is 13.4. The van der Waals surface area contributed by atoms with Gasteiger partial charge in [0.1, 0.15) is 5.82 Å². The van der Waals surface area contributed by atoms with Crippen molar-refractivity contribution in [2.24, 2.45) is 0 Å². The molecule has 1 aromatic carbocycles. The zero-order valence-corrected chi connectivity index (χ0v) is 13.5. The number of carboxylic acids is 1. The van der Waals surface area contributed by atoms with Crippen LogP contribution >= 0.6 is 58.0 Å². The predicted molar refractivity (Wildman–Crippen MR) is 81.6 cm³/mol. The summed E-state index contributed by atoms with van der Waals surface area (Å²) in [5.74, 6) is -2.16. The van der Waals surface area contributed by atoms with Crippen LogP contribution in [0.15, 0.2) is 12.3 Å². The minimum atomic E-state index is -1.39. The van der Waals surface area contributed by atoms with E-state index in [4.69, 9.17) is 63.1 Å². The van der Waals surface area contributed by atoms with Crippen molar-refractivity contribution < 1.29 is 14.3 Å². The fourth-order valence-electron chi connectivity index (χ4n) is 1.64. The summed E-state index contributed by atoms with van der Waals surface area (Å²) in [4.78, 5) is 14.7. The largest absolute Gasteiger partial charge is 0.476 e. The topological polar surface area (TPSA) is 50.2 Å². The molecular weight excluding hydrogens is 386 g/mol. The Morgan fingerprint density at radius 2 is 1.48 bits per heavy atom. The SMILES string of the molecule is O=C(O)c1ncc(F)cc1-c1c(Cl)c(Cl)c(Cl)c(Cl)c1Cl. The molecule has 9 heteroatoms. The van der Waals surface area contributed by atoms with E-state index in [1.165, 1.54) is 0 Å². The highest BCUT2D eigenvalue weighted by Gasteiger charge is 2.25. The minimum Gasteiger partial charge on any atom is -0.476 e. The van der Waals surface area contributed by atoms with Gasteiger partial charge in [0.15, 0.2) is 5.69 Å². The zero-order chi connectivity index (χ0) is 15.9. The summed E-state index contributed by atoms with van der Waals surface area (Å²) in [6, 6.07) is 0.921. The first-order valence-corrected chi connectivity index (χ1v) is 7.05. The summed E-state index contributed by atoms with van der Waals surface area (Å²) in [5.41, 5.74) is -0.658. The first kappa shape index (κ1) is 16.6. The number of pyridine rings is 1. The number of carbonyl (C=O) groups is 1. The van der Waals surface area contributed by atoms with E-state index in [1.54, 1.807) is 0 Å². The van der Waals surface area contributed by atoms with E-state index in [9.17, 15) is 9.18 Å². The molecule has 21 heavy (non-hydrogen) atoms. The molecule has 0 unspecified atom stereocenters. The Bertz CT molecular complexity index is 737. The fourth-order valence-corrected chi connectivity index (χ4v) is 2.98. The number of aromatic nitrogens is 1. The van der Waals surface area contributed by atoms with E-state index in [-0.39, 0.29) is 36.2 Å². The minimum absolute atomic E-state index is 0.0536. The molecule has 0 bridgehead atoms. The van der Waals surface area contributed by atoms with Crippen molar-refractivity contribution in [3.05, 3.63) is 48.9 Å². The molecule has 1 aromatic heterocycles. The molecule has 0 amide bonds. The van der Waals surface area contributed by atoms with E-state index in [0.717, 1.165) is 12.3 Å². The number of hydrogen-bond acceptors (Lipinski definition) is 2. The molecule has 0 saturated heterocycles. The Balaban J connectivity index is 2.92. The number of halogens is 6. The predicted octanol–water partition coefficient (Wildman–Crippen LogP) is 5.85. The smallest absolute Gasteiger partial charge is 0.355 e. The van der Waals surface area contributed by atoms with Crippen molar-refractivity contribution in [1.82, 2.24) is 4.98 Å². The maximum Gasteiger partial charge on any atom is 0.355 e.